The van der Waals surface area contributed by atoms with Gasteiger partial charge in [-0.25, -0.2) is 4.79 Å². The topological polar surface area (TPSA) is 66.4 Å². The summed E-state index contributed by atoms with van der Waals surface area (Å²) in [5.74, 6) is -1.50. The molecule has 2 N–H and O–H groups in total. The van der Waals surface area contributed by atoms with Crippen molar-refractivity contribution >= 4 is 11.9 Å². The van der Waals surface area contributed by atoms with Gasteiger partial charge in [-0.2, -0.15) is 0 Å². The molecule has 4 heteroatoms. The molecule has 0 fully saturated rings. The largest absolute Gasteiger partial charge is 0.478 e. The van der Waals surface area contributed by atoms with Gasteiger partial charge in [0.05, 0.1) is 5.57 Å². The first-order chi connectivity index (χ1) is 7.68. The lowest BCUT2D eigenvalue weighted by Crippen LogP contribution is -2.29. The third-order valence-corrected chi connectivity index (χ3v) is 2.60. The van der Waals surface area contributed by atoms with Gasteiger partial charge in [-0.15, -0.1) is 0 Å². The van der Waals surface area contributed by atoms with E-state index in [1.807, 2.05) is 30.3 Å². The highest BCUT2D eigenvalue weighted by Gasteiger charge is 2.28. The summed E-state index contributed by atoms with van der Waals surface area (Å²) in [4.78, 5) is 22.3. The zero-order valence-electron chi connectivity index (χ0n) is 8.51. The van der Waals surface area contributed by atoms with E-state index < -0.39 is 5.97 Å². The zero-order valence-corrected chi connectivity index (χ0v) is 8.51. The van der Waals surface area contributed by atoms with Crippen LogP contribution in [-0.4, -0.2) is 17.0 Å². The van der Waals surface area contributed by atoms with Crippen molar-refractivity contribution in [3.63, 3.8) is 0 Å². The SMILES string of the molecule is O=C1CC(c2ccccc2)C(C(=O)O)=CN1. The van der Waals surface area contributed by atoms with Gasteiger partial charge in [0.1, 0.15) is 0 Å². The Hall–Kier alpha value is -2.10. The number of hydrogen-bond acceptors (Lipinski definition) is 2. The molecule has 1 aromatic carbocycles. The van der Waals surface area contributed by atoms with Gasteiger partial charge in [0.2, 0.25) is 5.91 Å². The fraction of sp³-hybridized carbons (Fsp3) is 0.167. The molecule has 0 aliphatic carbocycles. The normalized spacial score (nSPS) is 19.9. The second-order valence-corrected chi connectivity index (χ2v) is 3.64. The quantitative estimate of drug-likeness (QED) is 0.783. The van der Waals surface area contributed by atoms with E-state index in [0.717, 1.165) is 5.56 Å². The Bertz CT molecular complexity index is 451. The van der Waals surface area contributed by atoms with E-state index in [1.54, 1.807) is 0 Å². The van der Waals surface area contributed by atoms with E-state index in [1.165, 1.54) is 6.20 Å². The smallest absolute Gasteiger partial charge is 0.333 e. The van der Waals surface area contributed by atoms with Gasteiger partial charge in [-0.05, 0) is 5.56 Å². The van der Waals surface area contributed by atoms with E-state index in [2.05, 4.69) is 5.32 Å². The van der Waals surface area contributed by atoms with Crippen molar-refractivity contribution in [2.45, 2.75) is 12.3 Å². The van der Waals surface area contributed by atoms with Crippen LogP contribution in [0.1, 0.15) is 17.9 Å². The van der Waals surface area contributed by atoms with Crippen LogP contribution in [0.3, 0.4) is 0 Å². The van der Waals surface area contributed by atoms with Gasteiger partial charge in [0, 0.05) is 18.5 Å². The molecule has 1 atom stereocenters. The van der Waals surface area contributed by atoms with Crippen molar-refractivity contribution in [3.8, 4) is 0 Å². The summed E-state index contributed by atoms with van der Waals surface area (Å²) in [5.41, 5.74) is 1.08. The van der Waals surface area contributed by atoms with Gasteiger partial charge in [0.25, 0.3) is 0 Å². The zero-order chi connectivity index (χ0) is 11.5. The first-order valence-electron chi connectivity index (χ1n) is 4.96. The van der Waals surface area contributed by atoms with Crippen LogP contribution in [0.15, 0.2) is 42.1 Å². The van der Waals surface area contributed by atoms with Gasteiger partial charge in [0.15, 0.2) is 0 Å². The fourth-order valence-corrected chi connectivity index (χ4v) is 1.81. The molecule has 0 spiro atoms. The Morgan fingerprint density at radius 2 is 2.00 bits per heavy atom. The number of benzene rings is 1. The number of aliphatic carboxylic acids is 1. The number of carboxylic acids is 1. The number of nitrogens with one attached hydrogen (secondary N) is 1. The third kappa shape index (κ3) is 1.95. The standard InChI is InChI=1S/C12H11NO3/c14-11-6-9(8-4-2-1-3-5-8)10(7-13-11)12(15)16/h1-5,7,9H,6H2,(H,13,14)(H,15,16). The van der Waals surface area contributed by atoms with Gasteiger partial charge < -0.3 is 10.4 Å². The van der Waals surface area contributed by atoms with Gasteiger partial charge in [-0.3, -0.25) is 4.79 Å². The maximum absolute atomic E-state index is 11.3. The molecule has 2 rings (SSSR count). The summed E-state index contributed by atoms with van der Waals surface area (Å²) in [7, 11) is 0. The number of hydrogen-bond donors (Lipinski definition) is 2. The lowest BCUT2D eigenvalue weighted by Gasteiger charge is -2.21. The number of carbonyl (C=O) groups excluding carboxylic acids is 1. The molecule has 16 heavy (non-hydrogen) atoms. The fourth-order valence-electron chi connectivity index (χ4n) is 1.81. The maximum atomic E-state index is 11.3. The lowest BCUT2D eigenvalue weighted by molar-refractivity contribution is -0.133. The molecule has 0 aromatic heterocycles. The van der Waals surface area contributed by atoms with E-state index in [4.69, 9.17) is 5.11 Å². The molecule has 1 aromatic rings. The molecular weight excluding hydrogens is 206 g/mol. The lowest BCUT2D eigenvalue weighted by atomic mass is 9.87. The first-order valence-corrected chi connectivity index (χ1v) is 4.96. The first kappa shape index (κ1) is 10.4. The molecule has 0 saturated carbocycles. The van der Waals surface area contributed by atoms with E-state index >= 15 is 0 Å². The highest BCUT2D eigenvalue weighted by Crippen LogP contribution is 2.29. The van der Waals surface area contributed by atoms with Crippen LogP contribution in [-0.2, 0) is 9.59 Å². The number of rotatable bonds is 2. The second kappa shape index (κ2) is 4.18. The van der Waals surface area contributed by atoms with Crippen molar-refractivity contribution < 1.29 is 14.7 Å². The average molecular weight is 217 g/mol. The molecule has 1 unspecified atom stereocenters. The monoisotopic (exact) mass is 217 g/mol. The van der Waals surface area contributed by atoms with Crippen molar-refractivity contribution in [2.75, 3.05) is 0 Å². The molecule has 1 aliphatic heterocycles. The van der Waals surface area contributed by atoms with Crippen molar-refractivity contribution in [1.29, 1.82) is 0 Å². The average Bonchev–Trinajstić information content (AvgIpc) is 2.29. The molecule has 82 valence electrons. The maximum Gasteiger partial charge on any atom is 0.333 e. The molecule has 0 bridgehead atoms. The van der Waals surface area contributed by atoms with E-state index in [9.17, 15) is 9.59 Å². The van der Waals surface area contributed by atoms with Crippen LogP contribution < -0.4 is 5.32 Å². The number of carboxylic acid groups (broad SMARTS) is 1. The van der Waals surface area contributed by atoms with Crippen molar-refractivity contribution in [3.05, 3.63) is 47.7 Å². The minimum atomic E-state index is -0.992. The summed E-state index contributed by atoms with van der Waals surface area (Å²) >= 11 is 0. The Kier molecular flexibility index (Phi) is 2.72. The molecule has 1 aliphatic rings. The highest BCUT2D eigenvalue weighted by atomic mass is 16.4. The Balaban J connectivity index is 2.38. The highest BCUT2D eigenvalue weighted by molar-refractivity contribution is 5.93. The van der Waals surface area contributed by atoms with Crippen LogP contribution in [0.25, 0.3) is 0 Å². The third-order valence-electron chi connectivity index (χ3n) is 2.60. The van der Waals surface area contributed by atoms with Crippen LogP contribution >= 0.6 is 0 Å². The molecule has 4 nitrogen and oxygen atoms in total. The predicted molar refractivity (Wildman–Crippen MR) is 57.7 cm³/mol. The molecule has 0 radical (unpaired) electrons. The van der Waals surface area contributed by atoms with Crippen LogP contribution in [0.5, 0.6) is 0 Å². The van der Waals surface area contributed by atoms with Crippen LogP contribution in [0, 0.1) is 0 Å². The van der Waals surface area contributed by atoms with Crippen LogP contribution in [0.4, 0.5) is 0 Å². The minimum absolute atomic E-state index is 0.154. The summed E-state index contributed by atoms with van der Waals surface area (Å²) < 4.78 is 0. The predicted octanol–water partition coefficient (Wildman–Crippen LogP) is 1.26. The van der Waals surface area contributed by atoms with Crippen molar-refractivity contribution in [2.24, 2.45) is 0 Å². The summed E-state index contributed by atoms with van der Waals surface area (Å²) in [5, 5.41) is 11.5. The number of amides is 1. The Morgan fingerprint density at radius 3 is 2.62 bits per heavy atom. The Morgan fingerprint density at radius 1 is 1.31 bits per heavy atom. The van der Waals surface area contributed by atoms with Gasteiger partial charge >= 0.3 is 5.97 Å². The minimum Gasteiger partial charge on any atom is -0.478 e. The van der Waals surface area contributed by atoms with Gasteiger partial charge in [-0.1, -0.05) is 30.3 Å². The second-order valence-electron chi connectivity index (χ2n) is 3.64. The van der Waals surface area contributed by atoms with E-state index in [0.29, 0.717) is 0 Å². The van der Waals surface area contributed by atoms with Crippen LogP contribution in [0.2, 0.25) is 0 Å². The summed E-state index contributed by atoms with van der Waals surface area (Å²) in [6.45, 7) is 0. The summed E-state index contributed by atoms with van der Waals surface area (Å²) in [6.07, 6.45) is 1.47. The molecule has 1 amide bonds. The summed E-state index contributed by atoms with van der Waals surface area (Å²) in [6, 6.07) is 9.19. The van der Waals surface area contributed by atoms with Crippen molar-refractivity contribution in [1.82, 2.24) is 5.32 Å². The number of carbonyl (C=O) groups is 2. The molecule has 1 heterocycles. The Labute approximate surface area is 92.6 Å². The molecular formula is C12H11NO3. The van der Waals surface area contributed by atoms with E-state index in [-0.39, 0.29) is 23.8 Å². The molecule has 0 saturated heterocycles.